The molecule has 21 heavy (non-hydrogen) atoms. The van der Waals surface area contributed by atoms with Gasteiger partial charge >= 0.3 is 0 Å². The molecule has 4 heteroatoms. The van der Waals surface area contributed by atoms with E-state index in [-0.39, 0.29) is 5.88 Å². The van der Waals surface area contributed by atoms with Gasteiger partial charge in [0, 0.05) is 48.1 Å². The summed E-state index contributed by atoms with van der Waals surface area (Å²) in [5, 5.41) is 12.0. The normalized spacial score (nSPS) is 19.2. The summed E-state index contributed by atoms with van der Waals surface area (Å²) in [6.45, 7) is 0.970. The molecule has 2 heterocycles. The lowest BCUT2D eigenvalue weighted by atomic mass is 9.90. The first-order valence-corrected chi connectivity index (χ1v) is 7.62. The van der Waals surface area contributed by atoms with Crippen LogP contribution in [0.25, 0.3) is 10.8 Å². The van der Waals surface area contributed by atoms with Crippen LogP contribution in [0.15, 0.2) is 24.4 Å². The van der Waals surface area contributed by atoms with E-state index in [0.717, 1.165) is 36.6 Å². The van der Waals surface area contributed by atoms with Crippen molar-refractivity contribution in [1.29, 1.82) is 0 Å². The first-order valence-electron chi connectivity index (χ1n) is 7.62. The Labute approximate surface area is 123 Å². The van der Waals surface area contributed by atoms with E-state index in [0.29, 0.717) is 24.7 Å². The Morgan fingerprint density at radius 3 is 2.81 bits per heavy atom. The van der Waals surface area contributed by atoms with Crippen molar-refractivity contribution < 1.29 is 9.90 Å². The van der Waals surface area contributed by atoms with Crippen LogP contribution in [0.2, 0.25) is 0 Å². The van der Waals surface area contributed by atoms with E-state index in [4.69, 9.17) is 0 Å². The second-order valence-electron chi connectivity index (χ2n) is 6.02. The number of anilines is 1. The average Bonchev–Trinajstić information content (AvgIpc) is 2.52. The molecule has 108 valence electrons. The van der Waals surface area contributed by atoms with E-state index in [1.807, 2.05) is 12.1 Å². The van der Waals surface area contributed by atoms with E-state index in [1.54, 1.807) is 6.20 Å². The Morgan fingerprint density at radius 2 is 2.00 bits per heavy atom. The quantitative estimate of drug-likeness (QED) is 0.874. The predicted molar refractivity (Wildman–Crippen MR) is 81.7 cm³/mol. The van der Waals surface area contributed by atoms with Crippen molar-refractivity contribution >= 4 is 22.2 Å². The van der Waals surface area contributed by atoms with Gasteiger partial charge in [-0.05, 0) is 37.0 Å². The van der Waals surface area contributed by atoms with E-state index in [2.05, 4.69) is 16.0 Å². The van der Waals surface area contributed by atoms with Gasteiger partial charge in [-0.3, -0.25) is 4.79 Å². The zero-order valence-corrected chi connectivity index (χ0v) is 11.9. The van der Waals surface area contributed by atoms with Crippen LogP contribution in [0.5, 0.6) is 5.88 Å². The molecule has 0 spiro atoms. The number of aromatic nitrogens is 1. The molecule has 2 aliphatic rings. The fourth-order valence-electron chi connectivity index (χ4n) is 3.74. The molecular weight excluding hydrogens is 264 g/mol. The van der Waals surface area contributed by atoms with Crippen LogP contribution >= 0.6 is 0 Å². The average molecular weight is 282 g/mol. The molecule has 0 saturated heterocycles. The van der Waals surface area contributed by atoms with Gasteiger partial charge in [-0.15, -0.1) is 0 Å². The molecular formula is C17H18N2O2. The molecule has 2 aromatic rings. The minimum absolute atomic E-state index is 0.108. The monoisotopic (exact) mass is 282 g/mol. The van der Waals surface area contributed by atoms with Crippen molar-refractivity contribution in [3.63, 3.8) is 0 Å². The maximum Gasteiger partial charge on any atom is 0.218 e. The Morgan fingerprint density at radius 1 is 1.19 bits per heavy atom. The van der Waals surface area contributed by atoms with E-state index in [1.165, 1.54) is 11.3 Å². The van der Waals surface area contributed by atoms with Crippen LogP contribution in [0.1, 0.15) is 31.2 Å². The number of nitrogens with zero attached hydrogens (tertiary/aromatic N) is 2. The molecule has 0 bridgehead atoms. The van der Waals surface area contributed by atoms with E-state index < -0.39 is 0 Å². The minimum atomic E-state index is 0.108. The van der Waals surface area contributed by atoms with E-state index in [9.17, 15) is 9.90 Å². The smallest absolute Gasteiger partial charge is 0.218 e. The third-order valence-electron chi connectivity index (χ3n) is 4.83. The summed E-state index contributed by atoms with van der Waals surface area (Å²) < 4.78 is 0. The summed E-state index contributed by atoms with van der Waals surface area (Å²) in [4.78, 5) is 18.0. The first kappa shape index (κ1) is 12.6. The molecule has 1 saturated carbocycles. The Hall–Kier alpha value is -2.10. The van der Waals surface area contributed by atoms with Gasteiger partial charge in [-0.25, -0.2) is 4.98 Å². The number of rotatable bonds is 1. The maximum absolute atomic E-state index is 11.5. The molecule has 1 aliphatic heterocycles. The highest BCUT2D eigenvalue weighted by Gasteiger charge is 2.29. The maximum atomic E-state index is 11.5. The molecule has 1 aromatic carbocycles. The minimum Gasteiger partial charge on any atom is -0.493 e. The summed E-state index contributed by atoms with van der Waals surface area (Å²) in [6.07, 6.45) is 6.04. The van der Waals surface area contributed by atoms with Crippen molar-refractivity contribution in [1.82, 2.24) is 4.98 Å². The standard InChI is InChI=1S/C17H18N2O2/c20-13-6-4-12(5-7-13)19-9-8-11-10-18-17(21)14-2-1-3-15(19)16(11)14/h1-3,10,12H,4-9H2,(H,18,21). The molecule has 0 amide bonds. The molecule has 0 unspecified atom stereocenters. The molecule has 4 rings (SSSR count). The number of Topliss-reactive ketones (excluding diaryl/α,β-unsaturated/α-hetero) is 1. The Balaban J connectivity index is 1.80. The van der Waals surface area contributed by atoms with Gasteiger partial charge in [-0.2, -0.15) is 0 Å². The number of pyridine rings is 1. The third-order valence-corrected chi connectivity index (χ3v) is 4.83. The number of hydrogen-bond donors (Lipinski definition) is 1. The second-order valence-corrected chi connectivity index (χ2v) is 6.02. The Bertz CT molecular complexity index is 716. The van der Waals surface area contributed by atoms with Crippen molar-refractivity contribution in [3.8, 4) is 5.88 Å². The van der Waals surface area contributed by atoms with Gasteiger partial charge in [-0.1, -0.05) is 6.07 Å². The topological polar surface area (TPSA) is 53.4 Å². The number of hydrogen-bond acceptors (Lipinski definition) is 4. The van der Waals surface area contributed by atoms with Crippen molar-refractivity contribution in [2.45, 2.75) is 38.1 Å². The van der Waals surface area contributed by atoms with Gasteiger partial charge in [0.25, 0.3) is 0 Å². The number of ketones is 1. The van der Waals surface area contributed by atoms with Gasteiger partial charge in [0.2, 0.25) is 5.88 Å². The molecule has 1 fully saturated rings. The van der Waals surface area contributed by atoms with Crippen molar-refractivity contribution in [2.75, 3.05) is 11.4 Å². The summed E-state index contributed by atoms with van der Waals surface area (Å²) in [5.74, 6) is 0.500. The summed E-state index contributed by atoms with van der Waals surface area (Å²) in [7, 11) is 0. The first-order chi connectivity index (χ1) is 10.2. The number of benzene rings is 1. The largest absolute Gasteiger partial charge is 0.493 e. The van der Waals surface area contributed by atoms with Crippen LogP contribution in [-0.2, 0) is 11.2 Å². The van der Waals surface area contributed by atoms with Crippen LogP contribution in [0.3, 0.4) is 0 Å². The van der Waals surface area contributed by atoms with Gasteiger partial charge in [0.1, 0.15) is 5.78 Å². The van der Waals surface area contributed by atoms with Crippen LogP contribution in [0.4, 0.5) is 5.69 Å². The molecule has 0 radical (unpaired) electrons. The van der Waals surface area contributed by atoms with Gasteiger partial charge in [0.05, 0.1) is 0 Å². The fourth-order valence-corrected chi connectivity index (χ4v) is 3.74. The molecule has 1 N–H and O–H groups in total. The summed E-state index contributed by atoms with van der Waals surface area (Å²) >= 11 is 0. The third kappa shape index (κ3) is 1.97. The Kier molecular flexibility index (Phi) is 2.84. The highest BCUT2D eigenvalue weighted by Crippen LogP contribution is 2.39. The van der Waals surface area contributed by atoms with Crippen molar-refractivity contribution in [2.24, 2.45) is 0 Å². The number of carbonyl (C=O) groups is 1. The van der Waals surface area contributed by atoms with E-state index >= 15 is 0 Å². The zero-order valence-electron chi connectivity index (χ0n) is 11.9. The lowest BCUT2D eigenvalue weighted by Crippen LogP contribution is -2.41. The molecule has 1 aromatic heterocycles. The van der Waals surface area contributed by atoms with Crippen LogP contribution in [-0.4, -0.2) is 28.5 Å². The highest BCUT2D eigenvalue weighted by molar-refractivity contribution is 6.00. The molecule has 1 aliphatic carbocycles. The molecule has 0 atom stereocenters. The summed E-state index contributed by atoms with van der Waals surface area (Å²) in [5.41, 5.74) is 2.40. The van der Waals surface area contributed by atoms with Crippen LogP contribution in [0, 0.1) is 0 Å². The van der Waals surface area contributed by atoms with Gasteiger partial charge in [0.15, 0.2) is 0 Å². The lowest BCUT2D eigenvalue weighted by molar-refractivity contribution is -0.120. The van der Waals surface area contributed by atoms with Crippen molar-refractivity contribution in [3.05, 3.63) is 30.0 Å². The SMILES string of the molecule is O=C1CCC(N2CCc3cnc(O)c4cccc2c34)CC1. The summed E-state index contributed by atoms with van der Waals surface area (Å²) in [6, 6.07) is 6.48. The molecule has 4 nitrogen and oxygen atoms in total. The highest BCUT2D eigenvalue weighted by atomic mass is 16.3. The second kappa shape index (κ2) is 4.72. The number of aromatic hydroxyl groups is 1. The lowest BCUT2D eigenvalue weighted by Gasteiger charge is -2.39. The van der Waals surface area contributed by atoms with Crippen LogP contribution < -0.4 is 4.90 Å². The fraction of sp³-hybridized carbons (Fsp3) is 0.412. The number of carbonyl (C=O) groups excluding carboxylic acids is 1. The van der Waals surface area contributed by atoms with Gasteiger partial charge < -0.3 is 10.0 Å². The predicted octanol–water partition coefficient (Wildman–Crippen LogP) is 2.81. The zero-order chi connectivity index (χ0) is 14.4.